The Labute approximate surface area is 332 Å². The monoisotopic (exact) mass is 796 g/mol. The number of para-hydroxylation sites is 1. The standard InChI is InChI=1S/C45H51ClF6N4/c1-10-31-20-30(9)40(38(46)21-31)53-42(33-22-34(44(47,48)49)24-35(23-33)45(50,51)52)55-16-13-17-56(25-55)43(39-29(8)18-28(7)19-32(39)11-2)54-41-36(26(3)4)14-12-15-37(41)27(5)6/h12,14-15,18-24,26-27H,10-11,13,16-17,25H2,1-9H3. The van der Waals surface area contributed by atoms with Crippen LogP contribution in [0.1, 0.15) is 121 Å². The van der Waals surface area contributed by atoms with Crippen molar-refractivity contribution in [1.82, 2.24) is 9.80 Å². The van der Waals surface area contributed by atoms with Crippen LogP contribution in [0.15, 0.2) is 70.6 Å². The number of rotatable bonds is 8. The number of hydrogen-bond donors (Lipinski definition) is 0. The minimum atomic E-state index is -5.04. The van der Waals surface area contributed by atoms with Gasteiger partial charge in [0.1, 0.15) is 11.7 Å². The molecular weight excluding hydrogens is 746 g/mol. The molecule has 1 aliphatic heterocycles. The van der Waals surface area contributed by atoms with Crippen LogP contribution in [-0.2, 0) is 25.2 Å². The van der Waals surface area contributed by atoms with E-state index >= 15 is 0 Å². The van der Waals surface area contributed by atoms with Gasteiger partial charge in [0.05, 0.1) is 34.2 Å². The van der Waals surface area contributed by atoms with Gasteiger partial charge in [-0.1, -0.05) is 95.1 Å². The largest absolute Gasteiger partial charge is 0.416 e. The van der Waals surface area contributed by atoms with E-state index in [2.05, 4.69) is 70.7 Å². The maximum absolute atomic E-state index is 14.3. The zero-order chi connectivity index (χ0) is 41.3. The molecule has 0 unspecified atom stereocenters. The lowest BCUT2D eigenvalue weighted by Gasteiger charge is -2.40. The van der Waals surface area contributed by atoms with Crippen LogP contribution in [0.3, 0.4) is 0 Å². The fraction of sp³-hybridized carbons (Fsp3) is 0.422. The Hall–Kier alpha value is -4.31. The van der Waals surface area contributed by atoms with Crippen LogP contribution >= 0.6 is 11.6 Å². The third-order valence-corrected chi connectivity index (χ3v) is 10.6. The fourth-order valence-corrected chi connectivity index (χ4v) is 7.82. The van der Waals surface area contributed by atoms with Crippen molar-refractivity contribution in [2.75, 3.05) is 19.8 Å². The minimum absolute atomic E-state index is 0.0401. The van der Waals surface area contributed by atoms with Gasteiger partial charge >= 0.3 is 12.4 Å². The molecule has 0 spiro atoms. The van der Waals surface area contributed by atoms with E-state index in [0.717, 1.165) is 63.2 Å². The minimum Gasteiger partial charge on any atom is -0.338 e. The van der Waals surface area contributed by atoms with Crippen molar-refractivity contribution >= 4 is 34.6 Å². The van der Waals surface area contributed by atoms with Gasteiger partial charge in [-0.2, -0.15) is 26.3 Å². The van der Waals surface area contributed by atoms with E-state index in [-0.39, 0.29) is 46.7 Å². The summed E-state index contributed by atoms with van der Waals surface area (Å²) in [6.45, 7) is 19.4. The first-order valence-electron chi connectivity index (χ1n) is 19.2. The Morgan fingerprint density at radius 3 is 1.75 bits per heavy atom. The van der Waals surface area contributed by atoms with Crippen LogP contribution in [0.5, 0.6) is 0 Å². The SMILES string of the molecule is CCc1cc(C)c(N=C(c2cc(C(F)(F)F)cc(C(F)(F)F)c2)N2CCCN(C(=Nc3c(C(C)C)cccc3C(C)C)c3c(C)cc(C)cc3CC)C2)c(Cl)c1. The highest BCUT2D eigenvalue weighted by Crippen LogP contribution is 2.40. The zero-order valence-corrected chi connectivity index (χ0v) is 34.4. The lowest BCUT2D eigenvalue weighted by molar-refractivity contribution is -0.143. The molecule has 56 heavy (non-hydrogen) atoms. The summed E-state index contributed by atoms with van der Waals surface area (Å²) in [4.78, 5) is 14.3. The van der Waals surface area contributed by atoms with Gasteiger partial charge in [-0.3, -0.25) is 0 Å². The van der Waals surface area contributed by atoms with Crippen LogP contribution in [-0.4, -0.2) is 41.2 Å². The number of hydrogen-bond acceptors (Lipinski definition) is 2. The molecule has 0 saturated carbocycles. The van der Waals surface area contributed by atoms with Crippen molar-refractivity contribution < 1.29 is 26.3 Å². The van der Waals surface area contributed by atoms with E-state index in [1.807, 2.05) is 26.0 Å². The molecule has 300 valence electrons. The second-order valence-electron chi connectivity index (χ2n) is 15.3. The van der Waals surface area contributed by atoms with E-state index in [1.54, 1.807) is 17.9 Å². The lowest BCUT2D eigenvalue weighted by Crippen LogP contribution is -2.50. The molecule has 0 bridgehead atoms. The Kier molecular flexibility index (Phi) is 13.0. The summed E-state index contributed by atoms with van der Waals surface area (Å²) in [5.41, 5.74) is 5.93. The maximum atomic E-state index is 14.3. The summed E-state index contributed by atoms with van der Waals surface area (Å²) >= 11 is 6.77. The van der Waals surface area contributed by atoms with E-state index in [4.69, 9.17) is 21.6 Å². The molecule has 1 aliphatic rings. The molecule has 5 rings (SSSR count). The summed E-state index contributed by atoms with van der Waals surface area (Å²) in [6, 6.07) is 15.7. The Balaban J connectivity index is 1.80. The molecule has 0 N–H and O–H groups in total. The number of benzene rings is 4. The Morgan fingerprint density at radius 2 is 1.25 bits per heavy atom. The number of amidine groups is 2. The first-order valence-corrected chi connectivity index (χ1v) is 19.6. The zero-order valence-electron chi connectivity index (χ0n) is 33.6. The van der Waals surface area contributed by atoms with Gasteiger partial charge in [0, 0.05) is 24.2 Å². The summed E-state index contributed by atoms with van der Waals surface area (Å²) in [7, 11) is 0. The quantitative estimate of drug-likeness (QED) is 0.101. The third kappa shape index (κ3) is 9.44. The second-order valence-corrected chi connectivity index (χ2v) is 15.8. The first kappa shape index (κ1) is 42.8. The molecule has 0 amide bonds. The third-order valence-electron chi connectivity index (χ3n) is 10.3. The molecule has 1 saturated heterocycles. The average molecular weight is 797 g/mol. The highest BCUT2D eigenvalue weighted by atomic mass is 35.5. The van der Waals surface area contributed by atoms with Gasteiger partial charge in [0.25, 0.3) is 0 Å². The van der Waals surface area contributed by atoms with Crippen LogP contribution in [0.4, 0.5) is 37.7 Å². The normalized spacial score (nSPS) is 14.8. The number of aryl methyl sites for hydroxylation is 5. The van der Waals surface area contributed by atoms with Crippen LogP contribution in [0.2, 0.25) is 5.02 Å². The van der Waals surface area contributed by atoms with Crippen LogP contribution in [0.25, 0.3) is 0 Å². The molecule has 4 nitrogen and oxygen atoms in total. The molecule has 4 aromatic rings. The summed E-state index contributed by atoms with van der Waals surface area (Å²) in [6.07, 6.45) is -8.15. The van der Waals surface area contributed by atoms with Gasteiger partial charge in [0.2, 0.25) is 0 Å². The van der Waals surface area contributed by atoms with Crippen molar-refractivity contribution in [1.29, 1.82) is 0 Å². The Morgan fingerprint density at radius 1 is 0.696 bits per heavy atom. The van der Waals surface area contributed by atoms with Gasteiger partial charge < -0.3 is 9.80 Å². The van der Waals surface area contributed by atoms with Crippen molar-refractivity contribution in [2.24, 2.45) is 9.98 Å². The molecule has 11 heteroatoms. The predicted octanol–water partition coefficient (Wildman–Crippen LogP) is 13.5. The highest BCUT2D eigenvalue weighted by molar-refractivity contribution is 6.33. The van der Waals surface area contributed by atoms with Crippen LogP contribution in [0, 0.1) is 20.8 Å². The van der Waals surface area contributed by atoms with E-state index in [1.165, 1.54) is 0 Å². The first-order chi connectivity index (χ1) is 26.2. The molecule has 4 aromatic carbocycles. The molecule has 0 radical (unpaired) electrons. The number of halogens is 7. The molecular formula is C45H51ClF6N4. The molecule has 0 aliphatic carbocycles. The fourth-order valence-electron chi connectivity index (χ4n) is 7.49. The maximum Gasteiger partial charge on any atom is 0.416 e. The van der Waals surface area contributed by atoms with E-state index < -0.39 is 23.5 Å². The van der Waals surface area contributed by atoms with E-state index in [0.29, 0.717) is 37.3 Å². The van der Waals surface area contributed by atoms with Gasteiger partial charge in [0.15, 0.2) is 0 Å². The molecule has 1 heterocycles. The molecule has 0 atom stereocenters. The summed E-state index contributed by atoms with van der Waals surface area (Å²) in [5.74, 6) is 0.971. The van der Waals surface area contributed by atoms with Gasteiger partial charge in [-0.05, 0) is 110 Å². The van der Waals surface area contributed by atoms with Crippen molar-refractivity contribution in [3.05, 3.63) is 127 Å². The second kappa shape index (κ2) is 17.0. The van der Waals surface area contributed by atoms with Gasteiger partial charge in [-0.25, -0.2) is 9.98 Å². The number of nitrogens with zero attached hydrogens (tertiary/aromatic N) is 4. The average Bonchev–Trinajstić information content (AvgIpc) is 3.12. The topological polar surface area (TPSA) is 31.2 Å². The van der Waals surface area contributed by atoms with Crippen molar-refractivity contribution in [3.63, 3.8) is 0 Å². The predicted molar refractivity (Wildman–Crippen MR) is 217 cm³/mol. The summed E-state index contributed by atoms with van der Waals surface area (Å²) < 4.78 is 85.8. The van der Waals surface area contributed by atoms with Gasteiger partial charge in [-0.15, -0.1) is 0 Å². The van der Waals surface area contributed by atoms with Crippen LogP contribution < -0.4 is 0 Å². The molecule has 0 aromatic heterocycles. The Bertz CT molecular complexity index is 2050. The molecule has 1 fully saturated rings. The number of alkyl halides is 6. The smallest absolute Gasteiger partial charge is 0.338 e. The van der Waals surface area contributed by atoms with Crippen molar-refractivity contribution in [2.45, 2.75) is 106 Å². The number of aliphatic imine (C=N–C) groups is 2. The highest BCUT2D eigenvalue weighted by Gasteiger charge is 2.38. The van der Waals surface area contributed by atoms with Crippen molar-refractivity contribution in [3.8, 4) is 0 Å². The lowest BCUT2D eigenvalue weighted by atomic mass is 9.92. The summed E-state index contributed by atoms with van der Waals surface area (Å²) in [5, 5.41) is 0.257. The van der Waals surface area contributed by atoms with E-state index in [9.17, 15) is 26.3 Å².